The zero-order chi connectivity index (χ0) is 33.5. The SMILES string of the molecule is Cc1ccc(C)c2c1C=C(P(C1CCCCC1)C1CCCCC1)[CH]2[Ti+2][CH]1C(P(C2CCCCC2)C2CCCCC2)=Cc2c(C)ccc(C)c21.[Cl-].[Cl-]. The third-order valence-corrected chi connectivity index (χ3v) is 24.9. The number of hydrogen-bond donors (Lipinski definition) is 0. The van der Waals surface area contributed by atoms with E-state index >= 15 is 0 Å². The van der Waals surface area contributed by atoms with Crippen LogP contribution in [0.25, 0.3) is 12.2 Å². The minimum Gasteiger partial charge on any atom is -1.00 e. The second-order valence-corrected chi connectivity index (χ2v) is 25.1. The van der Waals surface area contributed by atoms with E-state index in [1.54, 1.807) is 33.4 Å². The summed E-state index contributed by atoms with van der Waals surface area (Å²) >= 11 is -0.366. The smallest absolute Gasteiger partial charge is 1.00 e. The van der Waals surface area contributed by atoms with Gasteiger partial charge in [0.2, 0.25) is 0 Å². The molecule has 0 bridgehead atoms. The van der Waals surface area contributed by atoms with Crippen LogP contribution in [-0.2, 0) is 19.2 Å². The first kappa shape index (κ1) is 40.7. The van der Waals surface area contributed by atoms with Gasteiger partial charge in [0.1, 0.15) is 0 Å². The van der Waals surface area contributed by atoms with Crippen molar-refractivity contribution in [3.63, 3.8) is 0 Å². The van der Waals surface area contributed by atoms with Crippen LogP contribution in [0.2, 0.25) is 0 Å². The minimum absolute atomic E-state index is 0. The molecule has 6 aliphatic rings. The minimum atomic E-state index is -0.366. The molecular weight excluding hydrogens is 733 g/mol. The molecule has 4 saturated carbocycles. The average molecular weight is 798 g/mol. The van der Waals surface area contributed by atoms with Crippen LogP contribution in [0.5, 0.6) is 0 Å². The van der Waals surface area contributed by atoms with Crippen LogP contribution in [0.1, 0.15) is 181 Å². The number of hydrogen-bond acceptors (Lipinski definition) is 0. The third kappa shape index (κ3) is 8.30. The monoisotopic (exact) mass is 796 g/mol. The van der Waals surface area contributed by atoms with E-state index in [2.05, 4.69) is 64.1 Å². The van der Waals surface area contributed by atoms with Crippen molar-refractivity contribution in [2.24, 2.45) is 0 Å². The van der Waals surface area contributed by atoms with Gasteiger partial charge >= 0.3 is 314 Å². The van der Waals surface area contributed by atoms with Crippen LogP contribution in [0.4, 0.5) is 0 Å². The molecule has 2 atom stereocenters. The molecule has 51 heavy (non-hydrogen) atoms. The first-order chi connectivity index (χ1) is 24.0. The Labute approximate surface area is 336 Å². The van der Waals surface area contributed by atoms with Gasteiger partial charge in [-0.15, -0.1) is 0 Å². The summed E-state index contributed by atoms with van der Waals surface area (Å²) in [6.07, 6.45) is 35.8. The fourth-order valence-electron chi connectivity index (χ4n) is 11.4. The van der Waals surface area contributed by atoms with Gasteiger partial charge in [0.25, 0.3) is 0 Å². The van der Waals surface area contributed by atoms with Crippen LogP contribution < -0.4 is 24.8 Å². The first-order valence-corrected chi connectivity index (χ1v) is 25.7. The quantitative estimate of drug-likeness (QED) is 0.185. The number of fused-ring (bicyclic) bond motifs is 2. The van der Waals surface area contributed by atoms with Crippen molar-refractivity contribution >= 4 is 28.0 Å². The fourth-order valence-corrected chi connectivity index (χ4v) is 24.5. The standard InChI is InChI=1S/2C23H32P.2ClH.Ti/c2*1-17-13-14-18(2)23-16-21(15-22(17)23)24(19-9-5-3-6-10-19)20-11-7-4-8-12-20;;;/h2*13-16,19-20H,3-12H2,1-2H3;2*1H;/q;;;;+2/p-2. The summed E-state index contributed by atoms with van der Waals surface area (Å²) in [6, 6.07) is 9.95. The molecule has 4 fully saturated rings. The van der Waals surface area contributed by atoms with Gasteiger partial charge in [-0.25, -0.2) is 0 Å². The summed E-state index contributed by atoms with van der Waals surface area (Å²) in [6.45, 7) is 9.85. The average Bonchev–Trinajstić information content (AvgIpc) is 3.71. The second kappa shape index (κ2) is 18.3. The zero-order valence-electron chi connectivity index (χ0n) is 32.2. The molecule has 0 nitrogen and oxygen atoms in total. The fraction of sp³-hybridized carbons (Fsp3) is 0.652. The van der Waals surface area contributed by atoms with Crippen molar-refractivity contribution in [1.82, 2.24) is 0 Å². The van der Waals surface area contributed by atoms with Gasteiger partial charge in [-0.2, -0.15) is 0 Å². The normalized spacial score (nSPS) is 24.7. The van der Waals surface area contributed by atoms with Gasteiger partial charge in [-0.1, -0.05) is 0 Å². The summed E-state index contributed by atoms with van der Waals surface area (Å²) in [7, 11) is -0.171. The van der Waals surface area contributed by atoms with Gasteiger partial charge in [-0.05, 0) is 0 Å². The number of allylic oxidation sites excluding steroid dienone is 2. The summed E-state index contributed by atoms with van der Waals surface area (Å²) < 4.78 is 1.47. The molecule has 2 aromatic carbocycles. The Kier molecular flexibility index (Phi) is 14.7. The van der Waals surface area contributed by atoms with E-state index in [1.165, 1.54) is 128 Å². The Morgan fingerprint density at radius 2 is 0.686 bits per heavy atom. The molecule has 8 rings (SSSR count). The number of rotatable bonds is 8. The zero-order valence-corrected chi connectivity index (χ0v) is 37.1. The van der Waals surface area contributed by atoms with E-state index in [9.17, 15) is 0 Å². The molecule has 0 radical (unpaired) electrons. The molecule has 5 heteroatoms. The summed E-state index contributed by atoms with van der Waals surface area (Å²) in [4.78, 5) is 0. The summed E-state index contributed by atoms with van der Waals surface area (Å²) in [5.74, 6) is 0. The Hall–Kier alpha value is 0.0743. The van der Waals surface area contributed by atoms with E-state index in [-0.39, 0.29) is 59.8 Å². The first-order valence-electron chi connectivity index (χ1n) is 21.0. The Balaban J connectivity index is 0.00000224. The molecule has 2 unspecified atom stereocenters. The summed E-state index contributed by atoms with van der Waals surface area (Å²) in [5, 5.41) is 4.05. The Bertz CT molecular complexity index is 1400. The second-order valence-electron chi connectivity index (χ2n) is 17.2. The predicted octanol–water partition coefficient (Wildman–Crippen LogP) is 8.80. The molecule has 0 N–H and O–H groups in total. The summed E-state index contributed by atoms with van der Waals surface area (Å²) in [5.41, 5.74) is 17.2. The molecule has 276 valence electrons. The largest absolute Gasteiger partial charge is 1.00 e. The van der Waals surface area contributed by atoms with E-state index in [0.717, 1.165) is 31.1 Å². The number of benzene rings is 2. The van der Waals surface area contributed by atoms with Crippen LogP contribution >= 0.6 is 15.8 Å². The van der Waals surface area contributed by atoms with Crippen molar-refractivity contribution in [1.29, 1.82) is 0 Å². The Morgan fingerprint density at radius 1 is 0.412 bits per heavy atom. The maximum atomic E-state index is 2.90. The maximum Gasteiger partial charge on any atom is -1.00 e. The van der Waals surface area contributed by atoms with Crippen LogP contribution in [0.3, 0.4) is 0 Å². The molecule has 0 heterocycles. The van der Waals surface area contributed by atoms with Gasteiger partial charge in [0.05, 0.1) is 0 Å². The predicted molar refractivity (Wildman–Crippen MR) is 215 cm³/mol. The molecule has 0 saturated heterocycles. The molecule has 0 aliphatic heterocycles. The molecule has 0 spiro atoms. The topological polar surface area (TPSA) is 0 Å². The van der Waals surface area contributed by atoms with Crippen LogP contribution in [0, 0.1) is 27.7 Å². The molecule has 0 aromatic heterocycles. The van der Waals surface area contributed by atoms with Crippen molar-refractivity contribution in [3.8, 4) is 0 Å². The molecular formula is C46H64Cl2P2Ti. The number of aryl methyl sites for hydroxylation is 4. The van der Waals surface area contributed by atoms with Crippen molar-refractivity contribution in [3.05, 3.63) is 79.4 Å². The van der Waals surface area contributed by atoms with Crippen LogP contribution in [-0.4, -0.2) is 22.6 Å². The van der Waals surface area contributed by atoms with Gasteiger partial charge in [0.15, 0.2) is 0 Å². The van der Waals surface area contributed by atoms with Gasteiger partial charge in [0, 0.05) is 0 Å². The molecule has 0 amide bonds. The van der Waals surface area contributed by atoms with Crippen molar-refractivity contribution in [2.75, 3.05) is 0 Å². The van der Waals surface area contributed by atoms with Gasteiger partial charge in [-0.3, -0.25) is 0 Å². The van der Waals surface area contributed by atoms with E-state index in [1.807, 2.05) is 21.8 Å². The van der Waals surface area contributed by atoms with E-state index in [0.29, 0.717) is 0 Å². The molecule has 2 aromatic rings. The van der Waals surface area contributed by atoms with Crippen LogP contribution in [0.15, 0.2) is 34.9 Å². The van der Waals surface area contributed by atoms with Crippen molar-refractivity contribution < 1.29 is 44.0 Å². The van der Waals surface area contributed by atoms with Gasteiger partial charge < -0.3 is 24.8 Å². The molecule has 6 aliphatic carbocycles. The third-order valence-electron chi connectivity index (χ3n) is 14.0. The number of halogens is 2. The van der Waals surface area contributed by atoms with E-state index in [4.69, 9.17) is 0 Å². The van der Waals surface area contributed by atoms with Crippen molar-refractivity contribution in [2.45, 2.75) is 187 Å². The Morgan fingerprint density at radius 3 is 0.980 bits per heavy atom. The van der Waals surface area contributed by atoms with E-state index < -0.39 is 0 Å². The maximum absolute atomic E-state index is 2.90.